The number of ether oxygens (including phenoxy) is 1. The van der Waals surface area contributed by atoms with Crippen LogP contribution < -0.4 is 11.1 Å². The van der Waals surface area contributed by atoms with Crippen molar-refractivity contribution in [3.63, 3.8) is 0 Å². The van der Waals surface area contributed by atoms with Crippen LogP contribution in [0.5, 0.6) is 0 Å². The molecule has 1 N–H and O–H groups in total. The average Bonchev–Trinajstić information content (AvgIpc) is 3.07. The quantitative estimate of drug-likeness (QED) is 0.634. The molecule has 2 aromatic carbocycles. The van der Waals surface area contributed by atoms with Gasteiger partial charge in [-0.3, -0.25) is 14.2 Å². The van der Waals surface area contributed by atoms with Crippen LogP contribution in [0.25, 0.3) is 11.1 Å². The van der Waals surface area contributed by atoms with Gasteiger partial charge in [-0.05, 0) is 61.4 Å². The number of nitrogens with one attached hydrogen (secondary N) is 1. The number of esters is 1. The summed E-state index contributed by atoms with van der Waals surface area (Å²) in [6, 6.07) is 13.0. The number of hydrogen-bond donors (Lipinski definition) is 1. The van der Waals surface area contributed by atoms with E-state index in [1.54, 1.807) is 24.3 Å². The molecule has 0 radical (unpaired) electrons. The first-order valence-electron chi connectivity index (χ1n) is 10.2. The SMILES string of the molecule is CC(NC(=O)COC(=O)Cn1c(=O)oc2ccccc21)c1ccc2c(c1)CCCC2. The minimum Gasteiger partial charge on any atom is -0.454 e. The van der Waals surface area contributed by atoms with Gasteiger partial charge in [-0.25, -0.2) is 4.79 Å². The number of carbonyl (C=O) groups excluding carboxylic acids is 2. The maximum absolute atomic E-state index is 12.2. The van der Waals surface area contributed by atoms with E-state index < -0.39 is 24.2 Å². The molecule has 0 aliphatic heterocycles. The van der Waals surface area contributed by atoms with Gasteiger partial charge in [0.15, 0.2) is 12.2 Å². The Labute approximate surface area is 173 Å². The Morgan fingerprint density at radius 3 is 2.73 bits per heavy atom. The molecule has 1 amide bonds. The van der Waals surface area contributed by atoms with Crippen LogP contribution in [0.4, 0.5) is 0 Å². The average molecular weight is 408 g/mol. The molecule has 1 heterocycles. The fourth-order valence-corrected chi connectivity index (χ4v) is 3.87. The number of nitrogens with zero attached hydrogens (tertiary/aromatic N) is 1. The van der Waals surface area contributed by atoms with E-state index in [1.165, 1.54) is 28.5 Å². The van der Waals surface area contributed by atoms with Crippen LogP contribution in [0.1, 0.15) is 42.5 Å². The first-order chi connectivity index (χ1) is 14.5. The predicted octanol–water partition coefficient (Wildman–Crippen LogP) is 2.89. The van der Waals surface area contributed by atoms with E-state index in [0.717, 1.165) is 18.4 Å². The lowest BCUT2D eigenvalue weighted by Gasteiger charge is -2.20. The van der Waals surface area contributed by atoms with Crippen molar-refractivity contribution in [3.8, 4) is 0 Å². The van der Waals surface area contributed by atoms with Crippen LogP contribution in [-0.4, -0.2) is 23.1 Å². The lowest BCUT2D eigenvalue weighted by Crippen LogP contribution is -2.32. The first kappa shape index (κ1) is 19.9. The summed E-state index contributed by atoms with van der Waals surface area (Å²) in [6.45, 7) is 1.18. The van der Waals surface area contributed by atoms with Crippen molar-refractivity contribution in [3.05, 3.63) is 69.7 Å². The van der Waals surface area contributed by atoms with Crippen LogP contribution in [0.2, 0.25) is 0 Å². The maximum Gasteiger partial charge on any atom is 0.420 e. The minimum absolute atomic E-state index is 0.191. The standard InChI is InChI=1S/C23H24N2O5/c1-15(17-11-10-16-6-2-3-7-18(16)12-17)24-21(26)14-29-22(27)13-25-19-8-4-5-9-20(19)30-23(25)28/h4-5,8-12,15H,2-3,6-7,13-14H2,1H3,(H,24,26). The van der Waals surface area contributed by atoms with Crippen molar-refractivity contribution in [2.24, 2.45) is 0 Å². The Balaban J connectivity index is 1.31. The highest BCUT2D eigenvalue weighted by Gasteiger charge is 2.17. The molecule has 30 heavy (non-hydrogen) atoms. The molecular weight excluding hydrogens is 384 g/mol. The van der Waals surface area contributed by atoms with Crippen molar-refractivity contribution in [1.29, 1.82) is 0 Å². The molecule has 0 bridgehead atoms. The number of hydrogen-bond acceptors (Lipinski definition) is 5. The molecule has 1 aromatic heterocycles. The summed E-state index contributed by atoms with van der Waals surface area (Å²) in [6.07, 6.45) is 4.61. The minimum atomic E-state index is -0.680. The zero-order chi connectivity index (χ0) is 21.1. The van der Waals surface area contributed by atoms with E-state index >= 15 is 0 Å². The topological polar surface area (TPSA) is 90.5 Å². The van der Waals surface area contributed by atoms with Gasteiger partial charge >= 0.3 is 11.7 Å². The summed E-state index contributed by atoms with van der Waals surface area (Å²) >= 11 is 0. The highest BCUT2D eigenvalue weighted by molar-refractivity contribution is 5.81. The summed E-state index contributed by atoms with van der Waals surface area (Å²) in [4.78, 5) is 36.3. The van der Waals surface area contributed by atoms with Crippen molar-refractivity contribution in [1.82, 2.24) is 9.88 Å². The van der Waals surface area contributed by atoms with E-state index in [1.807, 2.05) is 13.0 Å². The second-order valence-electron chi connectivity index (χ2n) is 7.61. The number of benzene rings is 2. The lowest BCUT2D eigenvalue weighted by molar-refractivity contribution is -0.149. The first-order valence-corrected chi connectivity index (χ1v) is 10.2. The Bertz CT molecular complexity index is 1140. The highest BCUT2D eigenvalue weighted by Crippen LogP contribution is 2.24. The second-order valence-corrected chi connectivity index (χ2v) is 7.61. The summed E-state index contributed by atoms with van der Waals surface area (Å²) in [5.74, 6) is -1.71. The Morgan fingerprint density at radius 2 is 1.90 bits per heavy atom. The molecule has 156 valence electrons. The molecule has 4 rings (SSSR count). The number of fused-ring (bicyclic) bond motifs is 2. The molecule has 3 aromatic rings. The Kier molecular flexibility index (Phi) is 5.70. The van der Waals surface area contributed by atoms with E-state index in [-0.39, 0.29) is 12.6 Å². The van der Waals surface area contributed by atoms with Crippen LogP contribution in [0.3, 0.4) is 0 Å². The smallest absolute Gasteiger partial charge is 0.420 e. The fourth-order valence-electron chi connectivity index (χ4n) is 3.87. The number of aryl methyl sites for hydroxylation is 2. The summed E-state index contributed by atoms with van der Waals surface area (Å²) in [5.41, 5.74) is 4.67. The van der Waals surface area contributed by atoms with Gasteiger partial charge in [0.1, 0.15) is 6.54 Å². The number of amides is 1. The van der Waals surface area contributed by atoms with Gasteiger partial charge < -0.3 is 14.5 Å². The maximum atomic E-state index is 12.2. The van der Waals surface area contributed by atoms with Crippen molar-refractivity contribution < 1.29 is 18.7 Å². The monoisotopic (exact) mass is 408 g/mol. The van der Waals surface area contributed by atoms with Crippen molar-refractivity contribution >= 4 is 23.0 Å². The van der Waals surface area contributed by atoms with E-state index in [0.29, 0.717) is 11.1 Å². The molecule has 0 saturated carbocycles. The lowest BCUT2D eigenvalue weighted by atomic mass is 9.89. The number of oxazole rings is 1. The Morgan fingerprint density at radius 1 is 1.13 bits per heavy atom. The molecule has 0 spiro atoms. The number of aromatic nitrogens is 1. The molecule has 0 fully saturated rings. The van der Waals surface area contributed by atoms with Gasteiger partial charge in [0, 0.05) is 0 Å². The summed E-state index contributed by atoms with van der Waals surface area (Å²) in [7, 11) is 0. The zero-order valence-corrected chi connectivity index (χ0v) is 16.8. The van der Waals surface area contributed by atoms with Gasteiger partial charge in [0.05, 0.1) is 11.6 Å². The van der Waals surface area contributed by atoms with Crippen LogP contribution in [0.15, 0.2) is 51.7 Å². The molecule has 7 heteroatoms. The van der Waals surface area contributed by atoms with Crippen LogP contribution >= 0.6 is 0 Å². The molecule has 0 saturated heterocycles. The number of para-hydroxylation sites is 2. The van der Waals surface area contributed by atoms with Crippen molar-refractivity contribution in [2.45, 2.75) is 45.2 Å². The third-order valence-corrected chi connectivity index (χ3v) is 5.48. The van der Waals surface area contributed by atoms with E-state index in [4.69, 9.17) is 9.15 Å². The van der Waals surface area contributed by atoms with Gasteiger partial charge in [-0.1, -0.05) is 30.3 Å². The Hall–Kier alpha value is -3.35. The molecule has 7 nitrogen and oxygen atoms in total. The molecular formula is C23H24N2O5. The van der Waals surface area contributed by atoms with E-state index in [9.17, 15) is 14.4 Å². The third-order valence-electron chi connectivity index (χ3n) is 5.48. The number of carbonyl (C=O) groups is 2. The van der Waals surface area contributed by atoms with Crippen LogP contribution in [0, 0.1) is 0 Å². The van der Waals surface area contributed by atoms with Gasteiger partial charge in [0.25, 0.3) is 5.91 Å². The summed E-state index contributed by atoms with van der Waals surface area (Å²) in [5, 5.41) is 2.86. The normalized spacial score (nSPS) is 14.2. The van der Waals surface area contributed by atoms with Crippen LogP contribution in [-0.2, 0) is 33.7 Å². The van der Waals surface area contributed by atoms with Gasteiger partial charge in [-0.15, -0.1) is 0 Å². The predicted molar refractivity (Wildman–Crippen MR) is 111 cm³/mol. The molecule has 1 atom stereocenters. The molecule has 1 aliphatic carbocycles. The second kappa shape index (κ2) is 8.57. The fraction of sp³-hybridized carbons (Fsp3) is 0.348. The van der Waals surface area contributed by atoms with Crippen molar-refractivity contribution in [2.75, 3.05) is 6.61 Å². The zero-order valence-electron chi connectivity index (χ0n) is 16.8. The van der Waals surface area contributed by atoms with Gasteiger partial charge in [-0.2, -0.15) is 0 Å². The third kappa shape index (κ3) is 4.30. The summed E-state index contributed by atoms with van der Waals surface area (Å²) < 4.78 is 11.3. The van der Waals surface area contributed by atoms with E-state index in [2.05, 4.69) is 17.4 Å². The number of rotatable bonds is 6. The molecule has 1 aliphatic rings. The van der Waals surface area contributed by atoms with Gasteiger partial charge in [0.2, 0.25) is 0 Å². The molecule has 1 unspecified atom stereocenters. The largest absolute Gasteiger partial charge is 0.454 e. The highest BCUT2D eigenvalue weighted by atomic mass is 16.5.